The van der Waals surface area contributed by atoms with Crippen LogP contribution in [0.25, 0.3) is 17.1 Å². The standard InChI is InChI=1S/C24H21N5O3S/c1-32-20-9-5-6-17(14-20)23-27-28-24(29(23)19-7-3-2-4-8-19)33-15-21(30)26-18-12-10-16(11-13-18)22(25)31/h2-14H,15H2,1H3,(H2,25,31)(H,26,30). The Balaban J connectivity index is 1.55. The number of nitrogens with one attached hydrogen (secondary N) is 1. The zero-order chi connectivity index (χ0) is 23.2. The third-order valence-electron chi connectivity index (χ3n) is 4.76. The van der Waals surface area contributed by atoms with E-state index in [1.165, 1.54) is 11.8 Å². The molecule has 8 nitrogen and oxygen atoms in total. The molecule has 0 aliphatic carbocycles. The monoisotopic (exact) mass is 459 g/mol. The van der Waals surface area contributed by atoms with Gasteiger partial charge in [-0.25, -0.2) is 0 Å². The lowest BCUT2D eigenvalue weighted by Crippen LogP contribution is -2.15. The second-order valence-electron chi connectivity index (χ2n) is 6.99. The Morgan fingerprint density at radius 2 is 1.76 bits per heavy atom. The topological polar surface area (TPSA) is 112 Å². The fourth-order valence-corrected chi connectivity index (χ4v) is 3.92. The maximum absolute atomic E-state index is 12.5. The van der Waals surface area contributed by atoms with Crippen LogP contribution in [0.4, 0.5) is 5.69 Å². The average Bonchev–Trinajstić information content (AvgIpc) is 3.28. The quantitative estimate of drug-likeness (QED) is 0.388. The van der Waals surface area contributed by atoms with Crippen molar-refractivity contribution in [2.45, 2.75) is 5.16 Å². The summed E-state index contributed by atoms with van der Waals surface area (Å²) in [5.41, 5.74) is 7.93. The zero-order valence-corrected chi connectivity index (χ0v) is 18.6. The molecule has 166 valence electrons. The van der Waals surface area contributed by atoms with Gasteiger partial charge in [-0.15, -0.1) is 10.2 Å². The number of rotatable bonds is 8. The molecule has 0 aliphatic heterocycles. The van der Waals surface area contributed by atoms with Gasteiger partial charge in [-0.3, -0.25) is 14.2 Å². The number of primary amides is 1. The van der Waals surface area contributed by atoms with Gasteiger partial charge in [0.2, 0.25) is 11.8 Å². The molecule has 2 amide bonds. The van der Waals surface area contributed by atoms with Crippen molar-refractivity contribution in [2.24, 2.45) is 5.73 Å². The Morgan fingerprint density at radius 1 is 1.00 bits per heavy atom. The number of carbonyl (C=O) groups excluding carboxylic acids is 2. The largest absolute Gasteiger partial charge is 0.497 e. The number of carbonyl (C=O) groups is 2. The predicted octanol–water partition coefficient (Wildman–Crippen LogP) is 3.77. The second-order valence-corrected chi connectivity index (χ2v) is 7.93. The molecule has 0 unspecified atom stereocenters. The molecule has 0 radical (unpaired) electrons. The molecule has 0 spiro atoms. The van der Waals surface area contributed by atoms with Crippen molar-refractivity contribution >= 4 is 29.3 Å². The van der Waals surface area contributed by atoms with E-state index in [2.05, 4.69) is 15.5 Å². The highest BCUT2D eigenvalue weighted by Gasteiger charge is 2.18. The van der Waals surface area contributed by atoms with Crippen LogP contribution in [0.5, 0.6) is 5.75 Å². The summed E-state index contributed by atoms with van der Waals surface area (Å²) in [7, 11) is 1.61. The molecule has 0 atom stereocenters. The number of thioether (sulfide) groups is 1. The maximum Gasteiger partial charge on any atom is 0.248 e. The van der Waals surface area contributed by atoms with Gasteiger partial charge in [0.05, 0.1) is 12.9 Å². The van der Waals surface area contributed by atoms with Gasteiger partial charge in [0.1, 0.15) is 5.75 Å². The van der Waals surface area contributed by atoms with Crippen molar-refractivity contribution in [2.75, 3.05) is 18.2 Å². The molecule has 4 aromatic rings. The molecule has 4 rings (SSSR count). The Hall–Kier alpha value is -4.11. The number of nitrogens with two attached hydrogens (primary N) is 1. The Bertz CT molecular complexity index is 1270. The van der Waals surface area contributed by atoms with Crippen molar-refractivity contribution in [3.05, 3.63) is 84.4 Å². The van der Waals surface area contributed by atoms with Crippen LogP contribution in [-0.4, -0.2) is 39.4 Å². The minimum absolute atomic E-state index is 0.126. The van der Waals surface area contributed by atoms with Gasteiger partial charge in [0.15, 0.2) is 11.0 Å². The van der Waals surface area contributed by atoms with E-state index in [1.807, 2.05) is 59.2 Å². The first kappa shape index (κ1) is 22.1. The fraction of sp³-hybridized carbons (Fsp3) is 0.0833. The van der Waals surface area contributed by atoms with E-state index in [0.717, 1.165) is 11.3 Å². The number of benzene rings is 3. The first-order valence-corrected chi connectivity index (χ1v) is 11.0. The van der Waals surface area contributed by atoms with Gasteiger partial charge in [0, 0.05) is 22.5 Å². The number of aromatic nitrogens is 3. The summed E-state index contributed by atoms with van der Waals surface area (Å²) in [4.78, 5) is 23.7. The first-order chi connectivity index (χ1) is 16.0. The molecule has 1 aromatic heterocycles. The van der Waals surface area contributed by atoms with E-state index < -0.39 is 5.91 Å². The Morgan fingerprint density at radius 3 is 2.45 bits per heavy atom. The number of ether oxygens (including phenoxy) is 1. The second kappa shape index (κ2) is 10.0. The predicted molar refractivity (Wildman–Crippen MR) is 128 cm³/mol. The SMILES string of the molecule is COc1cccc(-c2nnc(SCC(=O)Nc3ccc(C(N)=O)cc3)n2-c2ccccc2)c1. The molecule has 0 saturated heterocycles. The summed E-state index contributed by atoms with van der Waals surface area (Å²) < 4.78 is 7.25. The number of amides is 2. The highest BCUT2D eigenvalue weighted by Crippen LogP contribution is 2.29. The molecule has 9 heteroatoms. The summed E-state index contributed by atoms with van der Waals surface area (Å²) >= 11 is 1.27. The molecule has 3 N–H and O–H groups in total. The summed E-state index contributed by atoms with van der Waals surface area (Å²) in [6.07, 6.45) is 0. The summed E-state index contributed by atoms with van der Waals surface area (Å²) in [6.45, 7) is 0. The maximum atomic E-state index is 12.5. The van der Waals surface area contributed by atoms with Crippen LogP contribution in [0.15, 0.2) is 84.0 Å². The molecule has 1 heterocycles. The van der Waals surface area contributed by atoms with Crippen LogP contribution >= 0.6 is 11.8 Å². The van der Waals surface area contributed by atoms with Crippen LogP contribution < -0.4 is 15.8 Å². The Kier molecular flexibility index (Phi) is 6.70. The molecule has 0 aliphatic rings. The molecule has 0 fully saturated rings. The lowest BCUT2D eigenvalue weighted by molar-refractivity contribution is -0.113. The molecule has 33 heavy (non-hydrogen) atoms. The minimum Gasteiger partial charge on any atom is -0.497 e. The lowest BCUT2D eigenvalue weighted by Gasteiger charge is -2.11. The summed E-state index contributed by atoms with van der Waals surface area (Å²) in [6, 6.07) is 23.7. The van der Waals surface area contributed by atoms with Crippen LogP contribution in [0.1, 0.15) is 10.4 Å². The third-order valence-corrected chi connectivity index (χ3v) is 5.69. The number of methoxy groups -OCH3 is 1. The molecule has 3 aromatic carbocycles. The Labute approximate surface area is 194 Å². The number of para-hydroxylation sites is 1. The van der Waals surface area contributed by atoms with Crippen LogP contribution in [0.3, 0.4) is 0 Å². The number of nitrogens with zero attached hydrogens (tertiary/aromatic N) is 3. The molecule has 0 saturated carbocycles. The normalized spacial score (nSPS) is 10.6. The lowest BCUT2D eigenvalue weighted by atomic mass is 10.2. The smallest absolute Gasteiger partial charge is 0.248 e. The van der Waals surface area contributed by atoms with E-state index >= 15 is 0 Å². The van der Waals surface area contributed by atoms with Crippen molar-refractivity contribution in [3.8, 4) is 22.8 Å². The van der Waals surface area contributed by atoms with E-state index in [-0.39, 0.29) is 11.7 Å². The van der Waals surface area contributed by atoms with Crippen LogP contribution in [0, 0.1) is 0 Å². The first-order valence-electron chi connectivity index (χ1n) is 10.0. The highest BCUT2D eigenvalue weighted by atomic mass is 32.2. The highest BCUT2D eigenvalue weighted by molar-refractivity contribution is 7.99. The fourth-order valence-electron chi connectivity index (χ4n) is 3.17. The molecular formula is C24H21N5O3S. The average molecular weight is 460 g/mol. The van der Waals surface area contributed by atoms with Gasteiger partial charge in [-0.2, -0.15) is 0 Å². The number of hydrogen-bond donors (Lipinski definition) is 2. The van der Waals surface area contributed by atoms with Crippen molar-refractivity contribution in [3.63, 3.8) is 0 Å². The van der Waals surface area contributed by atoms with E-state index in [4.69, 9.17) is 10.5 Å². The van der Waals surface area contributed by atoms with E-state index in [1.54, 1.807) is 31.4 Å². The van der Waals surface area contributed by atoms with Gasteiger partial charge >= 0.3 is 0 Å². The van der Waals surface area contributed by atoms with Crippen molar-refractivity contribution in [1.82, 2.24) is 14.8 Å². The molecular weight excluding hydrogens is 438 g/mol. The van der Waals surface area contributed by atoms with Crippen molar-refractivity contribution < 1.29 is 14.3 Å². The van der Waals surface area contributed by atoms with Crippen molar-refractivity contribution in [1.29, 1.82) is 0 Å². The number of hydrogen-bond acceptors (Lipinski definition) is 6. The van der Waals surface area contributed by atoms with Gasteiger partial charge in [-0.05, 0) is 48.5 Å². The number of anilines is 1. The minimum atomic E-state index is -0.518. The zero-order valence-electron chi connectivity index (χ0n) is 17.8. The van der Waals surface area contributed by atoms with Crippen LogP contribution in [-0.2, 0) is 4.79 Å². The summed E-state index contributed by atoms with van der Waals surface area (Å²) in [5.74, 6) is 0.754. The van der Waals surface area contributed by atoms with Gasteiger partial charge < -0.3 is 15.8 Å². The van der Waals surface area contributed by atoms with Crippen LogP contribution in [0.2, 0.25) is 0 Å². The van der Waals surface area contributed by atoms with Gasteiger partial charge in [0.25, 0.3) is 0 Å². The van der Waals surface area contributed by atoms with E-state index in [9.17, 15) is 9.59 Å². The summed E-state index contributed by atoms with van der Waals surface area (Å²) in [5, 5.41) is 12.1. The van der Waals surface area contributed by atoms with E-state index in [0.29, 0.717) is 28.0 Å². The molecule has 0 bridgehead atoms. The van der Waals surface area contributed by atoms with Gasteiger partial charge in [-0.1, -0.05) is 42.1 Å². The third kappa shape index (κ3) is 5.21.